The number of likely N-dealkylation sites (N-methyl/N-ethyl adjacent to an activating group) is 1. The van der Waals surface area contributed by atoms with Gasteiger partial charge in [-0.1, -0.05) is 6.07 Å². The van der Waals surface area contributed by atoms with Crippen molar-refractivity contribution >= 4 is 17.2 Å². The maximum Gasteiger partial charge on any atom is 0.257 e. The number of hydrogen-bond donors (Lipinski definition) is 0. The lowest BCUT2D eigenvalue weighted by molar-refractivity contribution is 0.0682. The molecule has 1 amide bonds. The van der Waals surface area contributed by atoms with Gasteiger partial charge in [0.2, 0.25) is 0 Å². The van der Waals surface area contributed by atoms with Crippen LogP contribution in [0.3, 0.4) is 0 Å². The SMILES string of the molecule is CN1C(=O)c2ccc(-c3cnn(C)c3)cc2O[C@H]2CN(Cc3nccs3)C[C@H]21. The third-order valence-electron chi connectivity index (χ3n) is 5.50. The van der Waals surface area contributed by atoms with Gasteiger partial charge in [-0.05, 0) is 17.7 Å². The van der Waals surface area contributed by atoms with E-state index < -0.39 is 0 Å². The van der Waals surface area contributed by atoms with Gasteiger partial charge >= 0.3 is 0 Å². The molecule has 4 heterocycles. The largest absolute Gasteiger partial charge is 0.486 e. The second-order valence-electron chi connectivity index (χ2n) is 7.37. The molecule has 28 heavy (non-hydrogen) atoms. The van der Waals surface area contributed by atoms with Crippen molar-refractivity contribution in [1.82, 2.24) is 24.6 Å². The highest BCUT2D eigenvalue weighted by molar-refractivity contribution is 7.09. The molecule has 0 N–H and O–H groups in total. The molecule has 2 aromatic heterocycles. The first-order valence-corrected chi connectivity index (χ1v) is 10.1. The van der Waals surface area contributed by atoms with E-state index >= 15 is 0 Å². The van der Waals surface area contributed by atoms with Crippen LogP contribution in [0.1, 0.15) is 15.4 Å². The first-order chi connectivity index (χ1) is 13.6. The lowest BCUT2D eigenvalue weighted by Crippen LogP contribution is -2.44. The predicted octanol–water partition coefficient (Wildman–Crippen LogP) is 2.26. The minimum atomic E-state index is -0.0562. The third-order valence-corrected chi connectivity index (χ3v) is 6.27. The fourth-order valence-corrected chi connectivity index (χ4v) is 4.68. The van der Waals surface area contributed by atoms with Crippen molar-refractivity contribution in [1.29, 1.82) is 0 Å². The Bertz CT molecular complexity index is 1020. The monoisotopic (exact) mass is 395 g/mol. The highest BCUT2D eigenvalue weighted by Gasteiger charge is 2.42. The summed E-state index contributed by atoms with van der Waals surface area (Å²) < 4.78 is 8.16. The lowest BCUT2D eigenvalue weighted by Gasteiger charge is -2.25. The smallest absolute Gasteiger partial charge is 0.257 e. The number of carbonyl (C=O) groups excluding carboxylic acids is 1. The van der Waals surface area contributed by atoms with E-state index in [0.29, 0.717) is 11.3 Å². The van der Waals surface area contributed by atoms with E-state index in [1.807, 2.05) is 61.2 Å². The molecular formula is C20H21N5O2S. The highest BCUT2D eigenvalue weighted by Crippen LogP contribution is 2.34. The number of nitrogens with zero attached hydrogens (tertiary/aromatic N) is 5. The Morgan fingerprint density at radius 2 is 2.14 bits per heavy atom. The van der Waals surface area contributed by atoms with Gasteiger partial charge in [0.1, 0.15) is 16.9 Å². The Kier molecular flexibility index (Phi) is 4.17. The number of hydrogen-bond acceptors (Lipinski definition) is 6. The molecule has 5 rings (SSSR count). The van der Waals surface area contributed by atoms with E-state index in [-0.39, 0.29) is 18.1 Å². The second-order valence-corrected chi connectivity index (χ2v) is 8.35. The van der Waals surface area contributed by atoms with Gasteiger partial charge in [-0.25, -0.2) is 4.98 Å². The summed E-state index contributed by atoms with van der Waals surface area (Å²) in [6.07, 6.45) is 5.55. The summed E-state index contributed by atoms with van der Waals surface area (Å²) in [5.74, 6) is 0.665. The van der Waals surface area contributed by atoms with Gasteiger partial charge in [-0.3, -0.25) is 14.4 Å². The molecule has 0 saturated carbocycles. The van der Waals surface area contributed by atoms with E-state index in [4.69, 9.17) is 4.74 Å². The second kappa shape index (κ2) is 6.72. The molecule has 3 aromatic rings. The zero-order valence-corrected chi connectivity index (χ0v) is 16.6. The summed E-state index contributed by atoms with van der Waals surface area (Å²) in [4.78, 5) is 21.6. The van der Waals surface area contributed by atoms with Gasteiger partial charge in [-0.15, -0.1) is 11.3 Å². The normalized spacial score (nSPS) is 21.9. The molecule has 144 valence electrons. The van der Waals surface area contributed by atoms with Gasteiger partial charge in [0, 0.05) is 50.5 Å². The van der Waals surface area contributed by atoms with Crippen LogP contribution in [0.2, 0.25) is 0 Å². The van der Waals surface area contributed by atoms with E-state index in [9.17, 15) is 4.79 Å². The Hall–Kier alpha value is -2.71. The van der Waals surface area contributed by atoms with Crippen LogP contribution in [-0.4, -0.2) is 62.8 Å². The number of likely N-dealkylation sites (tertiary alicyclic amines) is 1. The van der Waals surface area contributed by atoms with Crippen molar-refractivity contribution in [2.75, 3.05) is 20.1 Å². The molecular weight excluding hydrogens is 374 g/mol. The Balaban J connectivity index is 1.44. The van der Waals surface area contributed by atoms with Crippen molar-refractivity contribution in [3.63, 3.8) is 0 Å². The van der Waals surface area contributed by atoms with Crippen LogP contribution in [0.4, 0.5) is 0 Å². The molecule has 0 spiro atoms. The Morgan fingerprint density at radius 1 is 1.25 bits per heavy atom. The van der Waals surface area contributed by atoms with Gasteiger partial charge in [0.25, 0.3) is 5.91 Å². The molecule has 8 heteroatoms. The Morgan fingerprint density at radius 3 is 2.89 bits per heavy atom. The van der Waals surface area contributed by atoms with Crippen LogP contribution < -0.4 is 4.74 Å². The number of fused-ring (bicyclic) bond motifs is 2. The van der Waals surface area contributed by atoms with Crippen LogP contribution >= 0.6 is 11.3 Å². The van der Waals surface area contributed by atoms with Crippen LogP contribution in [0.15, 0.2) is 42.2 Å². The van der Waals surface area contributed by atoms with E-state index in [1.165, 1.54) is 0 Å². The summed E-state index contributed by atoms with van der Waals surface area (Å²) in [6, 6.07) is 5.82. The number of thiazole rings is 1. The number of rotatable bonds is 3. The topological polar surface area (TPSA) is 63.5 Å². The molecule has 7 nitrogen and oxygen atoms in total. The average molecular weight is 395 g/mol. The van der Waals surface area contributed by atoms with E-state index in [0.717, 1.165) is 35.8 Å². The van der Waals surface area contributed by atoms with E-state index in [1.54, 1.807) is 16.0 Å². The van der Waals surface area contributed by atoms with Crippen LogP contribution in [-0.2, 0) is 13.6 Å². The van der Waals surface area contributed by atoms with Gasteiger partial charge < -0.3 is 9.64 Å². The zero-order valence-electron chi connectivity index (χ0n) is 15.8. The fourth-order valence-electron chi connectivity index (χ4n) is 4.02. The van der Waals surface area contributed by atoms with Gasteiger partial charge in [-0.2, -0.15) is 5.10 Å². The quantitative estimate of drug-likeness (QED) is 0.681. The van der Waals surface area contributed by atoms with Crippen molar-refractivity contribution < 1.29 is 9.53 Å². The molecule has 0 aliphatic carbocycles. The molecule has 2 aliphatic rings. The first-order valence-electron chi connectivity index (χ1n) is 9.26. The van der Waals surface area contributed by atoms with Crippen molar-refractivity contribution in [2.24, 2.45) is 7.05 Å². The minimum absolute atomic E-state index is 0.0105. The standard InChI is InChI=1S/C20H21N5O2S/c1-23-9-14(8-22-23)13-3-4-15-17(7-13)27-18-11-25(12-19-21-5-6-28-19)10-16(18)24(2)20(15)26/h3-9,16,18H,10-12H2,1-2H3/t16-,18+/m1/s1. The molecule has 1 aromatic carbocycles. The van der Waals surface area contributed by atoms with E-state index in [2.05, 4.69) is 15.0 Å². The van der Waals surface area contributed by atoms with Gasteiger partial charge in [0.15, 0.2) is 0 Å². The summed E-state index contributed by atoms with van der Waals surface area (Å²) in [5, 5.41) is 7.32. The number of aryl methyl sites for hydroxylation is 1. The van der Waals surface area contributed by atoms with Crippen molar-refractivity contribution in [3.8, 4) is 16.9 Å². The van der Waals surface area contributed by atoms with Crippen LogP contribution in [0.5, 0.6) is 5.75 Å². The molecule has 0 unspecified atom stereocenters. The van der Waals surface area contributed by atoms with Crippen molar-refractivity contribution in [3.05, 3.63) is 52.7 Å². The molecule has 1 fully saturated rings. The molecule has 0 radical (unpaired) electrons. The van der Waals surface area contributed by atoms with Crippen LogP contribution in [0, 0.1) is 0 Å². The molecule has 1 saturated heterocycles. The molecule has 0 bridgehead atoms. The Labute approximate surface area is 167 Å². The number of ether oxygens (including phenoxy) is 1. The summed E-state index contributed by atoms with van der Waals surface area (Å²) in [5.41, 5.74) is 2.63. The summed E-state index contributed by atoms with van der Waals surface area (Å²) >= 11 is 1.66. The molecule has 2 aliphatic heterocycles. The third kappa shape index (κ3) is 2.98. The maximum absolute atomic E-state index is 13.1. The first kappa shape index (κ1) is 17.4. The number of aromatic nitrogens is 3. The highest BCUT2D eigenvalue weighted by atomic mass is 32.1. The number of amides is 1. The summed E-state index contributed by atoms with van der Waals surface area (Å²) in [6.45, 7) is 2.35. The van der Waals surface area contributed by atoms with Crippen molar-refractivity contribution in [2.45, 2.75) is 18.7 Å². The predicted molar refractivity (Wildman–Crippen MR) is 106 cm³/mol. The van der Waals surface area contributed by atoms with Crippen LogP contribution in [0.25, 0.3) is 11.1 Å². The fraction of sp³-hybridized carbons (Fsp3) is 0.350. The minimum Gasteiger partial charge on any atom is -0.486 e. The lowest BCUT2D eigenvalue weighted by atomic mass is 10.1. The molecule has 2 atom stereocenters. The average Bonchev–Trinajstić information content (AvgIpc) is 3.42. The zero-order chi connectivity index (χ0) is 19.3. The maximum atomic E-state index is 13.1. The number of carbonyl (C=O) groups is 1. The van der Waals surface area contributed by atoms with Gasteiger partial charge in [0.05, 0.1) is 24.3 Å². The summed E-state index contributed by atoms with van der Waals surface area (Å²) in [7, 11) is 3.77. The number of benzene rings is 1.